The molecule has 1 saturated carbocycles. The number of carbonyl (C=O) groups is 1. The molecule has 1 aromatic carbocycles. The lowest BCUT2D eigenvalue weighted by molar-refractivity contribution is -0.120. The summed E-state index contributed by atoms with van der Waals surface area (Å²) < 4.78 is 5.83. The van der Waals surface area contributed by atoms with Gasteiger partial charge in [-0.3, -0.25) is 4.79 Å². The average molecular weight is 344 g/mol. The standard InChI is InChI=1S/C21H32N2O2/c1-2-25-20-15-17(14-16-10-12-22-13-11-16)8-9-19(20)23-21(24)18-6-4-3-5-7-18/h8-9,15-16,18,22H,2-7,10-14H2,1H3,(H,23,24). The van der Waals surface area contributed by atoms with Crippen LogP contribution in [0.25, 0.3) is 0 Å². The first-order valence-corrected chi connectivity index (χ1v) is 10.0. The van der Waals surface area contributed by atoms with Crippen LogP contribution in [0.15, 0.2) is 18.2 Å². The summed E-state index contributed by atoms with van der Waals surface area (Å²) in [6.45, 7) is 4.85. The zero-order valence-electron chi connectivity index (χ0n) is 15.5. The number of piperidine rings is 1. The van der Waals surface area contributed by atoms with E-state index >= 15 is 0 Å². The summed E-state index contributed by atoms with van der Waals surface area (Å²) >= 11 is 0. The average Bonchev–Trinajstić information content (AvgIpc) is 2.65. The van der Waals surface area contributed by atoms with E-state index < -0.39 is 0 Å². The predicted octanol–water partition coefficient (Wildman–Crippen LogP) is 4.15. The van der Waals surface area contributed by atoms with Gasteiger partial charge in [0, 0.05) is 5.92 Å². The van der Waals surface area contributed by atoms with Crippen LogP contribution in [0.4, 0.5) is 5.69 Å². The summed E-state index contributed by atoms with van der Waals surface area (Å²) in [5, 5.41) is 6.54. The maximum absolute atomic E-state index is 12.6. The second-order valence-electron chi connectivity index (χ2n) is 7.49. The number of rotatable bonds is 6. The van der Waals surface area contributed by atoms with Gasteiger partial charge in [-0.25, -0.2) is 0 Å². The van der Waals surface area contributed by atoms with Crippen molar-refractivity contribution in [2.45, 2.75) is 58.3 Å². The molecule has 138 valence electrons. The largest absolute Gasteiger partial charge is 0.492 e. The number of carbonyl (C=O) groups excluding carboxylic acids is 1. The van der Waals surface area contributed by atoms with Crippen LogP contribution in [0.5, 0.6) is 5.75 Å². The van der Waals surface area contributed by atoms with Crippen molar-refractivity contribution in [3.63, 3.8) is 0 Å². The van der Waals surface area contributed by atoms with Crippen LogP contribution >= 0.6 is 0 Å². The second kappa shape index (κ2) is 9.23. The Bertz CT molecular complexity index is 561. The number of amides is 1. The van der Waals surface area contributed by atoms with E-state index in [1.165, 1.54) is 37.7 Å². The van der Waals surface area contributed by atoms with E-state index in [1.54, 1.807) is 0 Å². The summed E-state index contributed by atoms with van der Waals surface area (Å²) in [7, 11) is 0. The van der Waals surface area contributed by atoms with Gasteiger partial charge in [-0.2, -0.15) is 0 Å². The maximum atomic E-state index is 12.6. The fourth-order valence-corrected chi connectivity index (χ4v) is 4.09. The highest BCUT2D eigenvalue weighted by atomic mass is 16.5. The number of hydrogen-bond acceptors (Lipinski definition) is 3. The van der Waals surface area contributed by atoms with Gasteiger partial charge in [0.2, 0.25) is 5.91 Å². The zero-order valence-corrected chi connectivity index (χ0v) is 15.5. The van der Waals surface area contributed by atoms with Crippen molar-refractivity contribution in [2.24, 2.45) is 11.8 Å². The van der Waals surface area contributed by atoms with Crippen LogP contribution in [0.3, 0.4) is 0 Å². The minimum Gasteiger partial charge on any atom is -0.492 e. The number of benzene rings is 1. The molecule has 0 unspecified atom stereocenters. The monoisotopic (exact) mass is 344 g/mol. The molecule has 4 nitrogen and oxygen atoms in total. The van der Waals surface area contributed by atoms with Crippen molar-refractivity contribution in [2.75, 3.05) is 25.0 Å². The molecule has 0 bridgehead atoms. The highest BCUT2D eigenvalue weighted by Crippen LogP contribution is 2.31. The lowest BCUT2D eigenvalue weighted by Gasteiger charge is -2.24. The van der Waals surface area contributed by atoms with E-state index in [0.29, 0.717) is 6.61 Å². The zero-order chi connectivity index (χ0) is 17.5. The fourth-order valence-electron chi connectivity index (χ4n) is 4.09. The molecule has 25 heavy (non-hydrogen) atoms. The van der Waals surface area contributed by atoms with E-state index in [0.717, 1.165) is 49.7 Å². The minimum atomic E-state index is 0.159. The van der Waals surface area contributed by atoms with Crippen molar-refractivity contribution >= 4 is 11.6 Å². The highest BCUT2D eigenvalue weighted by molar-refractivity contribution is 5.94. The summed E-state index contributed by atoms with van der Waals surface area (Å²) in [6, 6.07) is 6.31. The minimum absolute atomic E-state index is 0.159. The predicted molar refractivity (Wildman–Crippen MR) is 102 cm³/mol. The van der Waals surface area contributed by atoms with E-state index in [4.69, 9.17) is 4.74 Å². The third-order valence-electron chi connectivity index (χ3n) is 5.56. The Labute approximate surface area is 151 Å². The van der Waals surface area contributed by atoms with E-state index in [9.17, 15) is 4.79 Å². The van der Waals surface area contributed by atoms with E-state index in [1.807, 2.05) is 13.0 Å². The molecule has 3 rings (SSSR count). The van der Waals surface area contributed by atoms with Crippen LogP contribution in [0.2, 0.25) is 0 Å². The Morgan fingerprint density at radius 1 is 1.16 bits per heavy atom. The Kier molecular flexibility index (Phi) is 6.74. The van der Waals surface area contributed by atoms with Crippen LogP contribution in [-0.4, -0.2) is 25.6 Å². The Balaban J connectivity index is 1.66. The molecular weight excluding hydrogens is 312 g/mol. The molecule has 2 N–H and O–H groups in total. The third kappa shape index (κ3) is 5.21. The van der Waals surface area contributed by atoms with Gasteiger partial charge < -0.3 is 15.4 Å². The first kappa shape index (κ1) is 18.2. The van der Waals surface area contributed by atoms with Crippen LogP contribution in [0, 0.1) is 11.8 Å². The topological polar surface area (TPSA) is 50.4 Å². The van der Waals surface area contributed by atoms with Gasteiger partial charge in [-0.05, 0) is 75.7 Å². The molecule has 4 heteroatoms. The number of hydrogen-bond donors (Lipinski definition) is 2. The SMILES string of the molecule is CCOc1cc(CC2CCNCC2)ccc1NC(=O)C1CCCCC1. The van der Waals surface area contributed by atoms with Gasteiger partial charge in [0.1, 0.15) is 5.75 Å². The van der Waals surface area contributed by atoms with Crippen molar-refractivity contribution in [1.82, 2.24) is 5.32 Å². The van der Waals surface area contributed by atoms with Gasteiger partial charge in [-0.15, -0.1) is 0 Å². The molecule has 0 spiro atoms. The molecule has 1 aliphatic carbocycles. The number of anilines is 1. The van der Waals surface area contributed by atoms with Crippen LogP contribution in [0.1, 0.15) is 57.4 Å². The molecule has 1 aliphatic heterocycles. The molecule has 1 aromatic rings. The summed E-state index contributed by atoms with van der Waals surface area (Å²) in [4.78, 5) is 12.6. The molecule has 0 radical (unpaired) electrons. The van der Waals surface area contributed by atoms with Gasteiger partial charge in [0.25, 0.3) is 0 Å². The first-order chi connectivity index (χ1) is 12.3. The summed E-state index contributed by atoms with van der Waals surface area (Å²) in [5.74, 6) is 1.89. The van der Waals surface area contributed by atoms with Crippen molar-refractivity contribution in [3.05, 3.63) is 23.8 Å². The lowest BCUT2D eigenvalue weighted by Crippen LogP contribution is -2.28. The molecule has 1 heterocycles. The maximum Gasteiger partial charge on any atom is 0.227 e. The smallest absolute Gasteiger partial charge is 0.227 e. The highest BCUT2D eigenvalue weighted by Gasteiger charge is 2.22. The van der Waals surface area contributed by atoms with Gasteiger partial charge >= 0.3 is 0 Å². The van der Waals surface area contributed by atoms with Gasteiger partial charge in [0.15, 0.2) is 0 Å². The lowest BCUT2D eigenvalue weighted by atomic mass is 9.88. The normalized spacial score (nSPS) is 19.6. The molecular formula is C21H32N2O2. The molecule has 2 aliphatic rings. The van der Waals surface area contributed by atoms with E-state index in [2.05, 4.69) is 22.8 Å². The first-order valence-electron chi connectivity index (χ1n) is 10.0. The molecule has 1 saturated heterocycles. The van der Waals surface area contributed by atoms with Crippen LogP contribution < -0.4 is 15.4 Å². The van der Waals surface area contributed by atoms with Gasteiger partial charge in [0.05, 0.1) is 12.3 Å². The quantitative estimate of drug-likeness (QED) is 0.815. The molecule has 0 aromatic heterocycles. The molecule has 2 fully saturated rings. The van der Waals surface area contributed by atoms with Crippen molar-refractivity contribution in [3.8, 4) is 5.75 Å². The summed E-state index contributed by atoms with van der Waals surface area (Å²) in [6.07, 6.45) is 9.22. The second-order valence-corrected chi connectivity index (χ2v) is 7.49. The third-order valence-corrected chi connectivity index (χ3v) is 5.56. The summed E-state index contributed by atoms with van der Waals surface area (Å²) in [5.41, 5.74) is 2.14. The fraction of sp³-hybridized carbons (Fsp3) is 0.667. The van der Waals surface area contributed by atoms with Gasteiger partial charge in [-0.1, -0.05) is 25.3 Å². The van der Waals surface area contributed by atoms with Crippen LogP contribution in [-0.2, 0) is 11.2 Å². The molecule has 1 amide bonds. The Hall–Kier alpha value is -1.55. The number of ether oxygens (including phenoxy) is 1. The van der Waals surface area contributed by atoms with E-state index in [-0.39, 0.29) is 11.8 Å². The number of nitrogens with one attached hydrogen (secondary N) is 2. The Morgan fingerprint density at radius 3 is 2.64 bits per heavy atom. The van der Waals surface area contributed by atoms with Crippen molar-refractivity contribution in [1.29, 1.82) is 0 Å². The Morgan fingerprint density at radius 2 is 1.92 bits per heavy atom. The van der Waals surface area contributed by atoms with Crippen molar-refractivity contribution < 1.29 is 9.53 Å². The molecule has 0 atom stereocenters.